The third-order valence-electron chi connectivity index (χ3n) is 2.69. The van der Waals surface area contributed by atoms with Crippen LogP contribution in [0.2, 0.25) is 0 Å². The van der Waals surface area contributed by atoms with Gasteiger partial charge >= 0.3 is 0 Å². The van der Waals surface area contributed by atoms with Crippen LogP contribution in [-0.4, -0.2) is 15.6 Å². The van der Waals surface area contributed by atoms with E-state index in [1.165, 1.54) is 43.6 Å². The molecule has 1 aliphatic heterocycles. The molecule has 0 unspecified atom stereocenters. The van der Waals surface area contributed by atoms with Crippen LogP contribution >= 0.6 is 23.5 Å². The Morgan fingerprint density at radius 2 is 1.79 bits per heavy atom. The number of hydrogen-bond donors (Lipinski definition) is 0. The van der Waals surface area contributed by atoms with Crippen LogP contribution in [0.5, 0.6) is 0 Å². The van der Waals surface area contributed by atoms with Crippen LogP contribution in [-0.2, 0) is 0 Å². The largest absolute Gasteiger partial charge is 0.143 e. The smallest absolute Gasteiger partial charge is 0.0614 e. The molecule has 2 heteroatoms. The van der Waals surface area contributed by atoms with Gasteiger partial charge in [0.15, 0.2) is 0 Å². The molecule has 1 heterocycles. The van der Waals surface area contributed by atoms with Gasteiger partial charge < -0.3 is 0 Å². The maximum absolute atomic E-state index is 2.36. The molecule has 0 aromatic rings. The predicted octanol–water partition coefficient (Wildman–Crippen LogP) is 4.79. The number of thioether (sulfide) groups is 2. The molecular weight excluding hydrogens is 208 g/mol. The molecule has 14 heavy (non-hydrogen) atoms. The standard InChI is InChI=1S/C12H24S2/c1-4-5-6-7-12(10-11(2)3)13-8-9-14-12/h11H,4-10H2,1-3H3. The van der Waals surface area contributed by atoms with Crippen LogP contribution in [0.4, 0.5) is 0 Å². The van der Waals surface area contributed by atoms with Crippen LogP contribution in [0, 0.1) is 5.92 Å². The second-order valence-electron chi connectivity index (χ2n) is 4.66. The van der Waals surface area contributed by atoms with E-state index in [-0.39, 0.29) is 0 Å². The minimum atomic E-state index is 0.601. The van der Waals surface area contributed by atoms with Crippen LogP contribution in [0.3, 0.4) is 0 Å². The van der Waals surface area contributed by atoms with Crippen molar-refractivity contribution in [2.75, 3.05) is 11.5 Å². The zero-order valence-corrected chi connectivity index (χ0v) is 11.5. The lowest BCUT2D eigenvalue weighted by Gasteiger charge is -2.29. The first-order chi connectivity index (χ1) is 6.68. The van der Waals surface area contributed by atoms with Gasteiger partial charge in [-0.15, -0.1) is 23.5 Å². The van der Waals surface area contributed by atoms with Gasteiger partial charge in [0.05, 0.1) is 4.08 Å². The van der Waals surface area contributed by atoms with Gasteiger partial charge in [0, 0.05) is 11.5 Å². The SMILES string of the molecule is CCCCCC1(CC(C)C)SCCS1. The lowest BCUT2D eigenvalue weighted by atomic mass is 10.0. The highest BCUT2D eigenvalue weighted by atomic mass is 32.2. The van der Waals surface area contributed by atoms with E-state index in [4.69, 9.17) is 0 Å². The summed E-state index contributed by atoms with van der Waals surface area (Å²) in [5.74, 6) is 3.61. The monoisotopic (exact) mass is 232 g/mol. The minimum Gasteiger partial charge on any atom is -0.143 e. The van der Waals surface area contributed by atoms with Crippen molar-refractivity contribution in [2.24, 2.45) is 5.92 Å². The van der Waals surface area contributed by atoms with E-state index in [2.05, 4.69) is 44.3 Å². The van der Waals surface area contributed by atoms with E-state index in [1.807, 2.05) is 0 Å². The Labute approximate surface area is 98.0 Å². The van der Waals surface area contributed by atoms with E-state index in [9.17, 15) is 0 Å². The number of unbranched alkanes of at least 4 members (excludes halogenated alkanes) is 2. The Kier molecular flexibility index (Phi) is 5.76. The summed E-state index contributed by atoms with van der Waals surface area (Å²) in [6, 6.07) is 0. The summed E-state index contributed by atoms with van der Waals surface area (Å²) in [5, 5.41) is 0. The van der Waals surface area contributed by atoms with E-state index < -0.39 is 0 Å². The third kappa shape index (κ3) is 4.06. The summed E-state index contributed by atoms with van der Waals surface area (Å²) >= 11 is 4.46. The maximum Gasteiger partial charge on any atom is 0.0614 e. The van der Waals surface area contributed by atoms with E-state index >= 15 is 0 Å². The van der Waals surface area contributed by atoms with Crippen molar-refractivity contribution in [1.29, 1.82) is 0 Å². The van der Waals surface area contributed by atoms with Gasteiger partial charge in [0.2, 0.25) is 0 Å². The Balaban J connectivity index is 2.36. The lowest BCUT2D eigenvalue weighted by molar-refractivity contribution is 0.507. The molecule has 0 atom stereocenters. The Bertz CT molecular complexity index is 148. The van der Waals surface area contributed by atoms with Crippen molar-refractivity contribution in [2.45, 2.75) is 57.0 Å². The van der Waals surface area contributed by atoms with Crippen LogP contribution in [0.25, 0.3) is 0 Å². The predicted molar refractivity (Wildman–Crippen MR) is 71.2 cm³/mol. The fourth-order valence-electron chi connectivity index (χ4n) is 2.13. The molecule has 84 valence electrons. The van der Waals surface area contributed by atoms with Crippen molar-refractivity contribution in [3.63, 3.8) is 0 Å². The van der Waals surface area contributed by atoms with Crippen molar-refractivity contribution in [3.05, 3.63) is 0 Å². The molecule has 0 aliphatic carbocycles. The van der Waals surface area contributed by atoms with E-state index in [0.717, 1.165) is 5.92 Å². The fourth-order valence-corrected chi connectivity index (χ4v) is 5.85. The molecule has 0 N–H and O–H groups in total. The van der Waals surface area contributed by atoms with Gasteiger partial charge in [-0.3, -0.25) is 0 Å². The Morgan fingerprint density at radius 1 is 1.14 bits per heavy atom. The summed E-state index contributed by atoms with van der Waals surface area (Å²) in [4.78, 5) is 0. The average Bonchev–Trinajstić information content (AvgIpc) is 2.53. The molecule has 0 nitrogen and oxygen atoms in total. The molecular formula is C12H24S2. The summed E-state index contributed by atoms with van der Waals surface area (Å²) in [7, 11) is 0. The molecule has 1 saturated heterocycles. The van der Waals surface area contributed by atoms with E-state index in [0.29, 0.717) is 4.08 Å². The van der Waals surface area contributed by atoms with Crippen molar-refractivity contribution in [3.8, 4) is 0 Å². The van der Waals surface area contributed by atoms with Gasteiger partial charge in [-0.25, -0.2) is 0 Å². The first-order valence-electron chi connectivity index (χ1n) is 5.96. The zero-order chi connectivity index (χ0) is 10.4. The highest BCUT2D eigenvalue weighted by Crippen LogP contribution is 2.51. The molecule has 1 rings (SSSR count). The van der Waals surface area contributed by atoms with Crippen molar-refractivity contribution < 1.29 is 0 Å². The van der Waals surface area contributed by atoms with Gasteiger partial charge in [-0.1, -0.05) is 40.0 Å². The fraction of sp³-hybridized carbons (Fsp3) is 1.00. The second kappa shape index (κ2) is 6.32. The van der Waals surface area contributed by atoms with Crippen molar-refractivity contribution in [1.82, 2.24) is 0 Å². The topological polar surface area (TPSA) is 0 Å². The van der Waals surface area contributed by atoms with Crippen LogP contribution in [0.1, 0.15) is 52.9 Å². The van der Waals surface area contributed by atoms with Crippen LogP contribution in [0.15, 0.2) is 0 Å². The quantitative estimate of drug-likeness (QED) is 0.604. The molecule has 0 bridgehead atoms. The van der Waals surface area contributed by atoms with E-state index in [1.54, 1.807) is 0 Å². The van der Waals surface area contributed by atoms with Crippen molar-refractivity contribution >= 4 is 23.5 Å². The summed E-state index contributed by atoms with van der Waals surface area (Å²) in [6.07, 6.45) is 7.05. The summed E-state index contributed by atoms with van der Waals surface area (Å²) in [6.45, 7) is 7.02. The van der Waals surface area contributed by atoms with Gasteiger partial charge in [0.25, 0.3) is 0 Å². The minimum absolute atomic E-state index is 0.601. The first-order valence-corrected chi connectivity index (χ1v) is 7.93. The molecule has 0 radical (unpaired) electrons. The molecule has 1 fully saturated rings. The van der Waals surface area contributed by atoms with Gasteiger partial charge in [0.1, 0.15) is 0 Å². The molecule has 0 saturated carbocycles. The molecule has 0 amide bonds. The highest BCUT2D eigenvalue weighted by Gasteiger charge is 2.35. The Morgan fingerprint density at radius 3 is 2.29 bits per heavy atom. The van der Waals surface area contributed by atoms with Gasteiger partial charge in [-0.2, -0.15) is 0 Å². The van der Waals surface area contributed by atoms with Gasteiger partial charge in [-0.05, 0) is 18.8 Å². The van der Waals surface area contributed by atoms with Crippen LogP contribution < -0.4 is 0 Å². The molecule has 0 spiro atoms. The number of rotatable bonds is 6. The number of hydrogen-bond acceptors (Lipinski definition) is 2. The molecule has 0 aromatic heterocycles. The average molecular weight is 232 g/mol. The summed E-state index contributed by atoms with van der Waals surface area (Å²) < 4.78 is 0.601. The highest BCUT2D eigenvalue weighted by molar-refractivity contribution is 8.21. The Hall–Kier alpha value is 0.700. The second-order valence-corrected chi connectivity index (χ2v) is 7.88. The zero-order valence-electron chi connectivity index (χ0n) is 9.84. The maximum atomic E-state index is 2.36. The lowest BCUT2D eigenvalue weighted by Crippen LogP contribution is -2.19. The summed E-state index contributed by atoms with van der Waals surface area (Å²) in [5.41, 5.74) is 0. The third-order valence-corrected chi connectivity index (χ3v) is 6.27. The first kappa shape index (κ1) is 12.8. The normalized spacial score (nSPS) is 20.6. The molecule has 1 aliphatic rings. The molecule has 0 aromatic carbocycles.